The zero-order valence-electron chi connectivity index (χ0n) is 10.7. The predicted molar refractivity (Wildman–Crippen MR) is 89.1 cm³/mol. The van der Waals surface area contributed by atoms with Gasteiger partial charge in [0.15, 0.2) is 0 Å². The summed E-state index contributed by atoms with van der Waals surface area (Å²) in [6, 6.07) is 14.0. The summed E-state index contributed by atoms with van der Waals surface area (Å²) in [5.74, 6) is 5.65. The van der Waals surface area contributed by atoms with E-state index in [1.807, 2.05) is 24.3 Å². The Hall–Kier alpha value is -0.580. The zero-order chi connectivity index (χ0) is 14.5. The third kappa shape index (κ3) is 4.21. The Labute approximate surface area is 137 Å². The lowest BCUT2D eigenvalue weighted by atomic mass is 9.99. The Morgan fingerprint density at radius 3 is 2.40 bits per heavy atom. The molecule has 20 heavy (non-hydrogen) atoms. The largest absolute Gasteiger partial charge is 0.271 e. The molecule has 0 aromatic heterocycles. The van der Waals surface area contributed by atoms with E-state index in [9.17, 15) is 0 Å². The molecule has 0 bridgehead atoms. The summed E-state index contributed by atoms with van der Waals surface area (Å²) in [5, 5.41) is 1.17. The Balaban J connectivity index is 2.09. The van der Waals surface area contributed by atoms with E-state index in [0.29, 0.717) is 10.0 Å². The van der Waals surface area contributed by atoms with E-state index in [0.717, 1.165) is 22.9 Å². The van der Waals surface area contributed by atoms with Gasteiger partial charge >= 0.3 is 0 Å². The highest BCUT2D eigenvalue weighted by atomic mass is 79.9. The maximum absolute atomic E-state index is 6.21. The Kier molecular flexibility index (Phi) is 5.87. The molecular formula is C15H15BrCl2N2. The van der Waals surface area contributed by atoms with Crippen LogP contribution in [-0.4, -0.2) is 6.04 Å². The molecule has 1 unspecified atom stereocenters. The summed E-state index contributed by atoms with van der Waals surface area (Å²) in [6.45, 7) is 0. The quantitative estimate of drug-likeness (QED) is 0.603. The van der Waals surface area contributed by atoms with E-state index >= 15 is 0 Å². The van der Waals surface area contributed by atoms with Crippen LogP contribution in [0.5, 0.6) is 0 Å². The van der Waals surface area contributed by atoms with Gasteiger partial charge in [-0.3, -0.25) is 11.3 Å². The van der Waals surface area contributed by atoms with Gasteiger partial charge in [0.1, 0.15) is 0 Å². The van der Waals surface area contributed by atoms with E-state index in [-0.39, 0.29) is 6.04 Å². The number of nitrogens with two attached hydrogens (primary N) is 1. The molecule has 106 valence electrons. The van der Waals surface area contributed by atoms with Gasteiger partial charge in [-0.2, -0.15) is 0 Å². The van der Waals surface area contributed by atoms with Crippen LogP contribution in [-0.2, 0) is 12.8 Å². The van der Waals surface area contributed by atoms with Crippen molar-refractivity contribution in [1.82, 2.24) is 5.43 Å². The number of benzene rings is 2. The molecule has 0 radical (unpaired) electrons. The average molecular weight is 374 g/mol. The van der Waals surface area contributed by atoms with Gasteiger partial charge in [-0.15, -0.1) is 0 Å². The maximum atomic E-state index is 6.21. The summed E-state index contributed by atoms with van der Waals surface area (Å²) in [5.41, 5.74) is 5.06. The van der Waals surface area contributed by atoms with Crippen molar-refractivity contribution in [2.45, 2.75) is 18.9 Å². The molecule has 1 atom stereocenters. The Morgan fingerprint density at radius 1 is 1.05 bits per heavy atom. The van der Waals surface area contributed by atoms with E-state index < -0.39 is 0 Å². The fraction of sp³-hybridized carbons (Fsp3) is 0.200. The first-order valence-electron chi connectivity index (χ1n) is 6.23. The normalized spacial score (nSPS) is 12.4. The van der Waals surface area contributed by atoms with Crippen LogP contribution < -0.4 is 11.3 Å². The molecule has 0 saturated heterocycles. The van der Waals surface area contributed by atoms with Crippen molar-refractivity contribution in [3.63, 3.8) is 0 Å². The van der Waals surface area contributed by atoms with Crippen LogP contribution in [0, 0.1) is 0 Å². The molecule has 2 aromatic rings. The van der Waals surface area contributed by atoms with Crippen molar-refractivity contribution in [3.05, 3.63) is 68.1 Å². The lowest BCUT2D eigenvalue weighted by Crippen LogP contribution is -2.38. The number of rotatable bonds is 5. The first kappa shape index (κ1) is 15.8. The second kappa shape index (κ2) is 7.43. The SMILES string of the molecule is NNC(Cc1ccc(Br)cc1)Cc1cccc(Cl)c1Cl. The molecule has 0 saturated carbocycles. The van der Waals surface area contributed by atoms with Gasteiger partial charge < -0.3 is 0 Å². The van der Waals surface area contributed by atoms with Crippen molar-refractivity contribution in [2.75, 3.05) is 0 Å². The molecule has 5 heteroatoms. The summed E-state index contributed by atoms with van der Waals surface area (Å²) < 4.78 is 1.07. The molecule has 0 aliphatic carbocycles. The molecule has 3 N–H and O–H groups in total. The molecular weight excluding hydrogens is 359 g/mol. The molecule has 0 aliphatic heterocycles. The maximum Gasteiger partial charge on any atom is 0.0624 e. The summed E-state index contributed by atoms with van der Waals surface area (Å²) >= 11 is 15.7. The second-order valence-corrected chi connectivity index (χ2v) is 6.31. The lowest BCUT2D eigenvalue weighted by molar-refractivity contribution is 0.522. The number of nitrogens with one attached hydrogen (secondary N) is 1. The fourth-order valence-corrected chi connectivity index (χ4v) is 2.73. The van der Waals surface area contributed by atoms with Gasteiger partial charge in [0.2, 0.25) is 0 Å². The summed E-state index contributed by atoms with van der Waals surface area (Å²) in [4.78, 5) is 0. The minimum absolute atomic E-state index is 0.104. The van der Waals surface area contributed by atoms with E-state index in [1.54, 1.807) is 6.07 Å². The van der Waals surface area contributed by atoms with Gasteiger partial charge in [-0.25, -0.2) is 0 Å². The van der Waals surface area contributed by atoms with Crippen LogP contribution in [0.2, 0.25) is 10.0 Å². The van der Waals surface area contributed by atoms with Crippen molar-refractivity contribution in [3.8, 4) is 0 Å². The molecule has 0 fully saturated rings. The van der Waals surface area contributed by atoms with Crippen molar-refractivity contribution in [2.24, 2.45) is 5.84 Å². The van der Waals surface area contributed by atoms with Crippen LogP contribution >= 0.6 is 39.1 Å². The van der Waals surface area contributed by atoms with Gasteiger partial charge in [0.25, 0.3) is 0 Å². The number of hydrogen-bond acceptors (Lipinski definition) is 2. The minimum atomic E-state index is 0.104. The highest BCUT2D eigenvalue weighted by Gasteiger charge is 2.12. The lowest BCUT2D eigenvalue weighted by Gasteiger charge is -2.17. The monoisotopic (exact) mass is 372 g/mol. The molecule has 0 aliphatic rings. The third-order valence-electron chi connectivity index (χ3n) is 3.13. The third-order valence-corrected chi connectivity index (χ3v) is 4.52. The zero-order valence-corrected chi connectivity index (χ0v) is 13.8. The summed E-state index contributed by atoms with van der Waals surface area (Å²) in [6.07, 6.45) is 1.55. The molecule has 0 amide bonds. The number of hydrogen-bond donors (Lipinski definition) is 2. The molecule has 2 rings (SSSR count). The predicted octanol–water partition coefficient (Wildman–Crippen LogP) is 4.37. The van der Waals surface area contributed by atoms with Gasteiger partial charge in [-0.05, 0) is 42.2 Å². The Morgan fingerprint density at radius 2 is 1.75 bits per heavy atom. The molecule has 0 heterocycles. The Bertz CT molecular complexity index is 573. The smallest absolute Gasteiger partial charge is 0.0624 e. The van der Waals surface area contributed by atoms with E-state index in [2.05, 4.69) is 33.5 Å². The molecule has 2 nitrogen and oxygen atoms in total. The van der Waals surface area contributed by atoms with Gasteiger partial charge in [0.05, 0.1) is 10.0 Å². The second-order valence-electron chi connectivity index (χ2n) is 4.61. The van der Waals surface area contributed by atoms with Crippen LogP contribution in [0.4, 0.5) is 0 Å². The van der Waals surface area contributed by atoms with Crippen LogP contribution in [0.15, 0.2) is 46.9 Å². The van der Waals surface area contributed by atoms with Gasteiger partial charge in [-0.1, -0.05) is 63.4 Å². The number of halogens is 3. The highest BCUT2D eigenvalue weighted by Crippen LogP contribution is 2.26. The number of hydrazine groups is 1. The van der Waals surface area contributed by atoms with Crippen molar-refractivity contribution < 1.29 is 0 Å². The van der Waals surface area contributed by atoms with Crippen LogP contribution in [0.1, 0.15) is 11.1 Å². The van der Waals surface area contributed by atoms with Gasteiger partial charge in [0, 0.05) is 10.5 Å². The molecule has 2 aromatic carbocycles. The van der Waals surface area contributed by atoms with Crippen LogP contribution in [0.3, 0.4) is 0 Å². The highest BCUT2D eigenvalue weighted by molar-refractivity contribution is 9.10. The molecule has 0 spiro atoms. The minimum Gasteiger partial charge on any atom is -0.271 e. The van der Waals surface area contributed by atoms with E-state index in [4.69, 9.17) is 29.0 Å². The standard InChI is InChI=1S/C15H15BrCl2N2/c16-12-6-4-10(5-7-12)8-13(20-19)9-11-2-1-3-14(17)15(11)18/h1-7,13,20H,8-9,19H2. The van der Waals surface area contributed by atoms with E-state index in [1.165, 1.54) is 5.56 Å². The van der Waals surface area contributed by atoms with Crippen molar-refractivity contribution >= 4 is 39.1 Å². The average Bonchev–Trinajstić information content (AvgIpc) is 2.45. The topological polar surface area (TPSA) is 38.0 Å². The fourth-order valence-electron chi connectivity index (χ4n) is 2.07. The first-order chi connectivity index (χ1) is 9.60. The van der Waals surface area contributed by atoms with Crippen LogP contribution in [0.25, 0.3) is 0 Å². The first-order valence-corrected chi connectivity index (χ1v) is 7.78. The summed E-state index contributed by atoms with van der Waals surface area (Å²) in [7, 11) is 0. The van der Waals surface area contributed by atoms with Crippen molar-refractivity contribution in [1.29, 1.82) is 0 Å².